The molecule has 0 aromatic heterocycles. The van der Waals surface area contributed by atoms with Crippen LogP contribution in [0.4, 0.5) is 0 Å². The predicted octanol–water partition coefficient (Wildman–Crippen LogP) is 1.31. The summed E-state index contributed by atoms with van der Waals surface area (Å²) in [6, 6.07) is 2.75. The first kappa shape index (κ1) is 11.7. The lowest BCUT2D eigenvalue weighted by Gasteiger charge is -2.04. The summed E-state index contributed by atoms with van der Waals surface area (Å²) in [7, 11) is 1.26. The molecule has 1 atom stereocenters. The number of hydrogen-bond donors (Lipinski definition) is 0. The van der Waals surface area contributed by atoms with E-state index in [0.717, 1.165) is 0 Å². The number of cyclic esters (lactones) is 1. The van der Waals surface area contributed by atoms with Gasteiger partial charge in [0.25, 0.3) is 0 Å². The van der Waals surface area contributed by atoms with Crippen LogP contribution in [0.5, 0.6) is 0 Å². The van der Waals surface area contributed by atoms with E-state index in [0.29, 0.717) is 11.8 Å². The van der Waals surface area contributed by atoms with E-state index in [9.17, 15) is 13.8 Å². The van der Waals surface area contributed by atoms with Crippen molar-refractivity contribution >= 4 is 29.1 Å². The fourth-order valence-corrected chi connectivity index (χ4v) is 2.24. The average Bonchev–Trinajstić information content (AvgIpc) is 2.62. The second-order valence-corrected chi connectivity index (χ2v) is 4.51. The van der Waals surface area contributed by atoms with Crippen molar-refractivity contribution in [2.45, 2.75) is 4.90 Å². The number of rotatable bonds is 3. The molecule has 0 radical (unpaired) electrons. The van der Waals surface area contributed by atoms with Crippen molar-refractivity contribution in [3.63, 3.8) is 0 Å². The lowest BCUT2D eigenvalue weighted by Crippen LogP contribution is -2.02. The first-order chi connectivity index (χ1) is 8.08. The van der Waals surface area contributed by atoms with Gasteiger partial charge >= 0.3 is 5.97 Å². The van der Waals surface area contributed by atoms with Crippen LogP contribution >= 0.6 is 0 Å². The second-order valence-electron chi connectivity index (χ2n) is 3.27. The molecule has 0 saturated heterocycles. The highest BCUT2D eigenvalue weighted by Crippen LogP contribution is 2.31. The third-order valence-electron chi connectivity index (χ3n) is 2.34. The maximum absolute atomic E-state index is 11.6. The topological polar surface area (TPSA) is 69.7 Å². The molecule has 0 saturated carbocycles. The van der Waals surface area contributed by atoms with Gasteiger partial charge in [0.15, 0.2) is 17.4 Å². The van der Waals surface area contributed by atoms with Crippen LogP contribution < -0.4 is 0 Å². The summed E-state index contributed by atoms with van der Waals surface area (Å²) in [6.07, 6.45) is 0.515. The molecule has 1 aromatic carbocycles. The summed E-state index contributed by atoms with van der Waals surface area (Å²) >= 11 is -1.76. The molecule has 17 heavy (non-hydrogen) atoms. The average molecular weight is 252 g/mol. The number of carbonyl (C=O) groups is 2. The Hall–Kier alpha value is -1.79. The molecule has 1 heterocycles. The highest BCUT2D eigenvalue weighted by atomic mass is 32.2. The third kappa shape index (κ3) is 1.81. The fraction of sp³-hybridized carbons (Fsp3) is 0.0909. The molecule has 2 rings (SSSR count). The third-order valence-corrected chi connectivity index (χ3v) is 3.36. The molecule has 1 unspecified atom stereocenters. The maximum atomic E-state index is 11.6. The van der Waals surface area contributed by atoms with Crippen LogP contribution in [0.1, 0.15) is 26.3 Å². The molecular weight excluding hydrogens is 244 g/mol. The van der Waals surface area contributed by atoms with Crippen LogP contribution in [0.25, 0.3) is 5.76 Å². The summed E-state index contributed by atoms with van der Waals surface area (Å²) in [4.78, 5) is 22.5. The Kier molecular flexibility index (Phi) is 2.91. The van der Waals surface area contributed by atoms with Crippen molar-refractivity contribution in [3.8, 4) is 0 Å². The molecule has 0 aliphatic carbocycles. The van der Waals surface area contributed by atoms with E-state index >= 15 is 0 Å². The van der Waals surface area contributed by atoms with Crippen molar-refractivity contribution in [2.24, 2.45) is 0 Å². The zero-order chi connectivity index (χ0) is 12.6. The molecule has 0 fully saturated rings. The summed E-state index contributed by atoms with van der Waals surface area (Å²) < 4.78 is 21.0. The van der Waals surface area contributed by atoms with Crippen LogP contribution in [-0.2, 0) is 20.0 Å². The van der Waals surface area contributed by atoms with Crippen LogP contribution in [0, 0.1) is 0 Å². The monoisotopic (exact) mass is 252 g/mol. The number of aldehydes is 1. The molecule has 6 heteroatoms. The van der Waals surface area contributed by atoms with Gasteiger partial charge in [-0.3, -0.25) is 8.98 Å². The van der Waals surface area contributed by atoms with Crippen molar-refractivity contribution in [3.05, 3.63) is 35.4 Å². The minimum Gasteiger partial charge on any atom is -0.423 e. The van der Waals surface area contributed by atoms with Gasteiger partial charge in [-0.1, -0.05) is 6.58 Å². The SMILES string of the molecule is C=C1OC(=O)c2cc(C=O)c(S(=O)OC)cc21. The van der Waals surface area contributed by atoms with Gasteiger partial charge in [-0.05, 0) is 12.1 Å². The number of hydrogen-bond acceptors (Lipinski definition) is 5. The largest absolute Gasteiger partial charge is 0.423 e. The number of benzene rings is 1. The van der Waals surface area contributed by atoms with Gasteiger partial charge in [0, 0.05) is 11.1 Å². The van der Waals surface area contributed by atoms with Gasteiger partial charge in [-0.2, -0.15) is 0 Å². The molecular formula is C11H8O5S. The smallest absolute Gasteiger partial charge is 0.344 e. The molecule has 1 aliphatic rings. The van der Waals surface area contributed by atoms with Crippen molar-refractivity contribution in [2.75, 3.05) is 7.11 Å². The quantitative estimate of drug-likeness (QED) is 0.599. The molecule has 0 amide bonds. The zero-order valence-corrected chi connectivity index (χ0v) is 9.71. The zero-order valence-electron chi connectivity index (χ0n) is 8.89. The van der Waals surface area contributed by atoms with E-state index < -0.39 is 17.0 Å². The van der Waals surface area contributed by atoms with Crippen molar-refractivity contribution < 1.29 is 22.7 Å². The van der Waals surface area contributed by atoms with Crippen LogP contribution in [-0.4, -0.2) is 23.6 Å². The van der Waals surface area contributed by atoms with E-state index in [1.807, 2.05) is 0 Å². The Morgan fingerprint density at radius 1 is 1.41 bits per heavy atom. The molecule has 0 bridgehead atoms. The Bertz CT molecular complexity index is 561. The summed E-state index contributed by atoms with van der Waals surface area (Å²) in [6.45, 7) is 3.56. The minimum absolute atomic E-state index is 0.135. The maximum Gasteiger partial charge on any atom is 0.344 e. The lowest BCUT2D eigenvalue weighted by molar-refractivity contribution is 0.0716. The Morgan fingerprint density at radius 2 is 2.12 bits per heavy atom. The Labute approximate surface area is 99.7 Å². The predicted molar refractivity (Wildman–Crippen MR) is 59.7 cm³/mol. The van der Waals surface area contributed by atoms with Gasteiger partial charge in [0.1, 0.15) is 5.76 Å². The van der Waals surface area contributed by atoms with Crippen molar-refractivity contribution in [1.82, 2.24) is 0 Å². The van der Waals surface area contributed by atoms with E-state index in [-0.39, 0.29) is 21.8 Å². The highest BCUT2D eigenvalue weighted by molar-refractivity contribution is 7.80. The van der Waals surface area contributed by atoms with E-state index in [4.69, 9.17) is 4.74 Å². The number of esters is 1. The molecule has 0 N–H and O–H groups in total. The normalized spacial score (nSPS) is 15.4. The molecule has 1 aliphatic heterocycles. The van der Waals surface area contributed by atoms with Gasteiger partial charge in [0.2, 0.25) is 0 Å². The summed E-state index contributed by atoms with van der Waals surface area (Å²) in [5.41, 5.74) is 0.811. The van der Waals surface area contributed by atoms with E-state index in [2.05, 4.69) is 10.8 Å². The van der Waals surface area contributed by atoms with Gasteiger partial charge in [0.05, 0.1) is 17.6 Å². The lowest BCUT2D eigenvalue weighted by atomic mass is 10.1. The van der Waals surface area contributed by atoms with Crippen LogP contribution in [0.3, 0.4) is 0 Å². The standard InChI is InChI=1S/C11H8O5S/c1-6-8-4-10(17(14)15-2)7(5-12)3-9(8)11(13)16-6/h3-5H,1H2,2H3. The Morgan fingerprint density at radius 3 is 2.71 bits per heavy atom. The first-order valence-corrected chi connectivity index (χ1v) is 5.67. The minimum atomic E-state index is -1.76. The summed E-state index contributed by atoms with van der Waals surface area (Å²) in [5, 5.41) is 0. The van der Waals surface area contributed by atoms with E-state index in [1.54, 1.807) is 0 Å². The molecule has 88 valence electrons. The van der Waals surface area contributed by atoms with E-state index in [1.165, 1.54) is 19.2 Å². The van der Waals surface area contributed by atoms with Gasteiger partial charge in [-0.15, -0.1) is 0 Å². The molecule has 5 nitrogen and oxygen atoms in total. The number of ether oxygens (including phenoxy) is 1. The first-order valence-electron chi connectivity index (χ1n) is 4.59. The number of carbonyl (C=O) groups excluding carboxylic acids is 2. The van der Waals surface area contributed by atoms with Crippen LogP contribution in [0.15, 0.2) is 23.6 Å². The highest BCUT2D eigenvalue weighted by Gasteiger charge is 2.28. The second kappa shape index (κ2) is 4.23. The molecule has 0 spiro atoms. The van der Waals surface area contributed by atoms with Gasteiger partial charge in [-0.25, -0.2) is 9.00 Å². The molecule has 1 aromatic rings. The fourth-order valence-electron chi connectivity index (χ4n) is 1.54. The number of fused-ring (bicyclic) bond motifs is 1. The van der Waals surface area contributed by atoms with Crippen molar-refractivity contribution in [1.29, 1.82) is 0 Å². The summed E-state index contributed by atoms with van der Waals surface area (Å²) in [5.74, 6) is -0.389. The Balaban J connectivity index is 2.68. The van der Waals surface area contributed by atoms with Gasteiger partial charge < -0.3 is 4.74 Å². The van der Waals surface area contributed by atoms with Crippen LogP contribution in [0.2, 0.25) is 0 Å².